The van der Waals surface area contributed by atoms with Crippen molar-refractivity contribution in [2.75, 3.05) is 26.2 Å². The summed E-state index contributed by atoms with van der Waals surface area (Å²) < 4.78 is 2.28. The van der Waals surface area contributed by atoms with E-state index in [-0.39, 0.29) is 5.41 Å². The van der Waals surface area contributed by atoms with Gasteiger partial charge in [-0.05, 0) is 29.2 Å². The van der Waals surface area contributed by atoms with Crippen LogP contribution < -0.4 is 5.32 Å². The van der Waals surface area contributed by atoms with Crippen LogP contribution in [0, 0.1) is 5.41 Å². The first-order valence-corrected chi connectivity index (χ1v) is 8.37. The van der Waals surface area contributed by atoms with Gasteiger partial charge in [-0.25, -0.2) is 0 Å². The van der Waals surface area contributed by atoms with E-state index in [1.54, 1.807) is 0 Å². The summed E-state index contributed by atoms with van der Waals surface area (Å²) >= 11 is 7.22. The molecule has 1 atom stereocenters. The van der Waals surface area contributed by atoms with Crippen molar-refractivity contribution in [3.63, 3.8) is 0 Å². The van der Waals surface area contributed by atoms with Gasteiger partial charge < -0.3 is 5.32 Å². The highest BCUT2D eigenvalue weighted by molar-refractivity contribution is 9.11. The average Bonchev–Trinajstić information content (AvgIpc) is 2.27. The fourth-order valence-electron chi connectivity index (χ4n) is 2.93. The molecule has 19 heavy (non-hydrogen) atoms. The zero-order chi connectivity index (χ0) is 14.0. The predicted octanol–water partition coefficient (Wildman–Crippen LogP) is 4.20. The van der Waals surface area contributed by atoms with Gasteiger partial charge in [0.1, 0.15) is 0 Å². The van der Waals surface area contributed by atoms with Crippen LogP contribution in [0.5, 0.6) is 0 Å². The van der Waals surface area contributed by atoms with Crippen molar-refractivity contribution in [1.29, 1.82) is 0 Å². The lowest BCUT2D eigenvalue weighted by molar-refractivity contribution is 0.0861. The fourth-order valence-corrected chi connectivity index (χ4v) is 4.26. The van der Waals surface area contributed by atoms with Crippen LogP contribution in [0.3, 0.4) is 0 Å². The second-order valence-corrected chi connectivity index (χ2v) is 8.09. The monoisotopic (exact) mass is 388 g/mol. The lowest BCUT2D eigenvalue weighted by Gasteiger charge is -2.42. The van der Waals surface area contributed by atoms with E-state index in [0.29, 0.717) is 6.04 Å². The second-order valence-electron chi connectivity index (χ2n) is 6.26. The van der Waals surface area contributed by atoms with Gasteiger partial charge in [0.2, 0.25) is 0 Å². The zero-order valence-electron chi connectivity index (χ0n) is 11.8. The van der Waals surface area contributed by atoms with Gasteiger partial charge in [-0.2, -0.15) is 0 Å². The molecule has 1 aromatic rings. The van der Waals surface area contributed by atoms with E-state index in [2.05, 4.69) is 81.0 Å². The van der Waals surface area contributed by atoms with Crippen molar-refractivity contribution in [2.45, 2.75) is 26.8 Å². The van der Waals surface area contributed by atoms with Gasteiger partial charge in [-0.1, -0.05) is 52.6 Å². The van der Waals surface area contributed by atoms with Gasteiger partial charge in [0.15, 0.2) is 0 Å². The Morgan fingerprint density at radius 3 is 2.05 bits per heavy atom. The Morgan fingerprint density at radius 2 is 1.58 bits per heavy atom. The van der Waals surface area contributed by atoms with Crippen molar-refractivity contribution < 1.29 is 0 Å². The maximum Gasteiger partial charge on any atom is 0.0398 e. The van der Waals surface area contributed by atoms with Crippen molar-refractivity contribution in [1.82, 2.24) is 10.2 Å². The second kappa shape index (κ2) is 6.25. The summed E-state index contributed by atoms with van der Waals surface area (Å²) in [7, 11) is 0. The number of nitrogens with one attached hydrogen (secondary N) is 1. The Labute approximate surface area is 133 Å². The highest BCUT2D eigenvalue weighted by Crippen LogP contribution is 2.39. The maximum atomic E-state index is 3.61. The quantitative estimate of drug-likeness (QED) is 0.815. The van der Waals surface area contributed by atoms with Gasteiger partial charge in [-0.3, -0.25) is 4.90 Å². The Kier molecular flexibility index (Phi) is 5.09. The van der Waals surface area contributed by atoms with Crippen LogP contribution >= 0.6 is 31.9 Å². The third kappa shape index (κ3) is 4.03. The molecule has 0 saturated carbocycles. The molecule has 1 aliphatic heterocycles. The van der Waals surface area contributed by atoms with Crippen molar-refractivity contribution in [3.05, 3.63) is 32.7 Å². The molecule has 1 aliphatic rings. The number of hydrogen-bond donors (Lipinski definition) is 1. The molecule has 0 bridgehead atoms. The Morgan fingerprint density at radius 1 is 1.05 bits per heavy atom. The van der Waals surface area contributed by atoms with E-state index >= 15 is 0 Å². The highest BCUT2D eigenvalue weighted by Gasteiger charge is 2.32. The molecule has 1 N–H and O–H groups in total. The largest absolute Gasteiger partial charge is 0.314 e. The number of rotatable bonds is 2. The first-order chi connectivity index (χ1) is 8.88. The first kappa shape index (κ1) is 15.5. The standard InChI is InChI=1S/C15H22Br2N2/c1-15(2,3)14(19-6-4-18-5-7-19)11-8-12(16)10-13(17)9-11/h8-10,14,18H,4-7H2,1-3H3/t14-/m1/s1. The topological polar surface area (TPSA) is 15.3 Å². The van der Waals surface area contributed by atoms with Gasteiger partial charge in [0, 0.05) is 41.2 Å². The van der Waals surface area contributed by atoms with Crippen molar-refractivity contribution in [2.24, 2.45) is 5.41 Å². The van der Waals surface area contributed by atoms with Crippen LogP contribution in [0.25, 0.3) is 0 Å². The van der Waals surface area contributed by atoms with Gasteiger partial charge in [0.25, 0.3) is 0 Å². The highest BCUT2D eigenvalue weighted by atomic mass is 79.9. The molecule has 2 nitrogen and oxygen atoms in total. The van der Waals surface area contributed by atoms with E-state index in [4.69, 9.17) is 0 Å². The minimum absolute atomic E-state index is 0.220. The van der Waals surface area contributed by atoms with Gasteiger partial charge in [-0.15, -0.1) is 0 Å². The minimum atomic E-state index is 0.220. The smallest absolute Gasteiger partial charge is 0.0398 e. The summed E-state index contributed by atoms with van der Waals surface area (Å²) in [4.78, 5) is 2.60. The molecule has 2 rings (SSSR count). The Balaban J connectivity index is 2.36. The summed E-state index contributed by atoms with van der Waals surface area (Å²) in [5.41, 5.74) is 1.60. The van der Waals surface area contributed by atoms with Crippen LogP contribution in [-0.4, -0.2) is 31.1 Å². The summed E-state index contributed by atoms with van der Waals surface area (Å²) in [6.07, 6.45) is 0. The van der Waals surface area contributed by atoms with Crippen molar-refractivity contribution >= 4 is 31.9 Å². The summed E-state index contributed by atoms with van der Waals surface area (Å²) in [6, 6.07) is 7.05. The summed E-state index contributed by atoms with van der Waals surface area (Å²) in [5.74, 6) is 0. The van der Waals surface area contributed by atoms with Gasteiger partial charge in [0.05, 0.1) is 0 Å². The number of benzene rings is 1. The average molecular weight is 390 g/mol. The number of halogens is 2. The first-order valence-electron chi connectivity index (χ1n) is 6.79. The zero-order valence-corrected chi connectivity index (χ0v) is 15.0. The molecule has 0 amide bonds. The molecule has 1 saturated heterocycles. The molecule has 0 unspecified atom stereocenters. The predicted molar refractivity (Wildman–Crippen MR) is 88.5 cm³/mol. The molecule has 4 heteroatoms. The van der Waals surface area contributed by atoms with Crippen LogP contribution in [0.15, 0.2) is 27.1 Å². The molecular formula is C15H22Br2N2. The van der Waals surface area contributed by atoms with Crippen LogP contribution in [0.4, 0.5) is 0 Å². The minimum Gasteiger partial charge on any atom is -0.314 e. The fraction of sp³-hybridized carbons (Fsp3) is 0.600. The molecule has 1 aromatic carbocycles. The van der Waals surface area contributed by atoms with E-state index in [1.807, 2.05) is 0 Å². The third-order valence-corrected chi connectivity index (χ3v) is 4.45. The molecule has 0 aliphatic carbocycles. The Bertz CT molecular complexity index is 414. The Hall–Kier alpha value is 0.1000. The molecular weight excluding hydrogens is 368 g/mol. The van der Waals surface area contributed by atoms with Crippen LogP contribution in [-0.2, 0) is 0 Å². The van der Waals surface area contributed by atoms with E-state index in [0.717, 1.165) is 35.1 Å². The lowest BCUT2D eigenvalue weighted by Crippen LogP contribution is -2.48. The van der Waals surface area contributed by atoms with E-state index in [9.17, 15) is 0 Å². The molecule has 0 aromatic heterocycles. The molecule has 106 valence electrons. The normalized spacial score (nSPS) is 19.4. The molecule has 1 heterocycles. The summed E-state index contributed by atoms with van der Waals surface area (Å²) in [5, 5.41) is 3.44. The molecule has 0 spiro atoms. The molecule has 1 fully saturated rings. The van der Waals surface area contributed by atoms with Crippen LogP contribution in [0.1, 0.15) is 32.4 Å². The van der Waals surface area contributed by atoms with E-state index < -0.39 is 0 Å². The maximum absolute atomic E-state index is 3.61. The number of piperazine rings is 1. The number of nitrogens with zero attached hydrogens (tertiary/aromatic N) is 1. The third-order valence-electron chi connectivity index (χ3n) is 3.54. The van der Waals surface area contributed by atoms with E-state index in [1.165, 1.54) is 5.56 Å². The lowest BCUT2D eigenvalue weighted by atomic mass is 9.81. The summed E-state index contributed by atoms with van der Waals surface area (Å²) in [6.45, 7) is 11.4. The SMILES string of the molecule is CC(C)(C)[C@@H](c1cc(Br)cc(Br)c1)N1CCNCC1. The molecule has 0 radical (unpaired) electrons. The number of hydrogen-bond acceptors (Lipinski definition) is 2. The van der Waals surface area contributed by atoms with Crippen molar-refractivity contribution in [3.8, 4) is 0 Å². The van der Waals surface area contributed by atoms with Crippen LogP contribution in [0.2, 0.25) is 0 Å². The van der Waals surface area contributed by atoms with Gasteiger partial charge >= 0.3 is 0 Å².